The summed E-state index contributed by atoms with van der Waals surface area (Å²) in [6.07, 6.45) is 3.31. The van der Waals surface area contributed by atoms with E-state index in [9.17, 15) is 0 Å². The molecule has 1 aliphatic rings. The first-order chi connectivity index (χ1) is 7.72. The summed E-state index contributed by atoms with van der Waals surface area (Å²) < 4.78 is 0. The fourth-order valence-electron chi connectivity index (χ4n) is 2.09. The highest BCUT2D eigenvalue weighted by molar-refractivity contribution is 5.79. The van der Waals surface area contributed by atoms with Crippen molar-refractivity contribution >= 4 is 5.84 Å². The van der Waals surface area contributed by atoms with E-state index in [0.29, 0.717) is 18.2 Å². The summed E-state index contributed by atoms with van der Waals surface area (Å²) in [4.78, 5) is 2.52. The Hall–Kier alpha value is -0.810. The van der Waals surface area contributed by atoms with Crippen molar-refractivity contribution in [2.75, 3.05) is 32.7 Å². The van der Waals surface area contributed by atoms with Crippen LogP contribution in [0.15, 0.2) is 5.16 Å². The lowest BCUT2D eigenvalue weighted by Gasteiger charge is -2.20. The molecule has 0 aromatic heterocycles. The summed E-state index contributed by atoms with van der Waals surface area (Å²) in [7, 11) is 0. The van der Waals surface area contributed by atoms with Gasteiger partial charge in [-0.2, -0.15) is 0 Å². The van der Waals surface area contributed by atoms with E-state index in [-0.39, 0.29) is 0 Å². The van der Waals surface area contributed by atoms with Crippen molar-refractivity contribution < 1.29 is 5.21 Å². The third-order valence-corrected chi connectivity index (χ3v) is 2.95. The molecule has 16 heavy (non-hydrogen) atoms. The van der Waals surface area contributed by atoms with Gasteiger partial charge < -0.3 is 21.2 Å². The highest BCUT2D eigenvalue weighted by Gasteiger charge is 2.13. The fraction of sp³-hybridized carbons (Fsp3) is 0.909. The standard InChI is InChI=1S/C11H24N4O/c1-10(9-15-6-2-3-7-15)8-13-5-4-11(12)14-16/h10,13,16H,2-9H2,1H3,(H2,12,14). The molecule has 0 spiro atoms. The maximum atomic E-state index is 8.36. The summed E-state index contributed by atoms with van der Waals surface area (Å²) in [6.45, 7) is 7.73. The van der Waals surface area contributed by atoms with Gasteiger partial charge in [-0.15, -0.1) is 0 Å². The van der Waals surface area contributed by atoms with Crippen LogP contribution in [0.2, 0.25) is 0 Å². The molecule has 1 saturated heterocycles. The van der Waals surface area contributed by atoms with Gasteiger partial charge in [0.15, 0.2) is 0 Å². The fourth-order valence-corrected chi connectivity index (χ4v) is 2.09. The van der Waals surface area contributed by atoms with Crippen LogP contribution in [0.25, 0.3) is 0 Å². The Morgan fingerprint density at radius 2 is 2.19 bits per heavy atom. The highest BCUT2D eigenvalue weighted by atomic mass is 16.4. The van der Waals surface area contributed by atoms with Crippen molar-refractivity contribution in [1.82, 2.24) is 10.2 Å². The van der Waals surface area contributed by atoms with E-state index in [0.717, 1.165) is 13.1 Å². The first-order valence-electron chi connectivity index (χ1n) is 6.12. The van der Waals surface area contributed by atoms with Crippen LogP contribution in [-0.4, -0.2) is 48.7 Å². The predicted octanol–water partition coefficient (Wildman–Crippen LogP) is 0.444. The molecule has 0 saturated carbocycles. The van der Waals surface area contributed by atoms with Crippen molar-refractivity contribution in [2.24, 2.45) is 16.8 Å². The Bertz CT molecular complexity index is 214. The van der Waals surface area contributed by atoms with Crippen LogP contribution < -0.4 is 11.1 Å². The molecule has 1 fully saturated rings. The van der Waals surface area contributed by atoms with Gasteiger partial charge in [0.05, 0.1) is 0 Å². The first-order valence-corrected chi connectivity index (χ1v) is 6.12. The summed E-state index contributed by atoms with van der Waals surface area (Å²) >= 11 is 0. The number of hydrogen-bond donors (Lipinski definition) is 3. The number of likely N-dealkylation sites (tertiary alicyclic amines) is 1. The normalized spacial score (nSPS) is 20.2. The molecule has 0 aliphatic carbocycles. The molecule has 0 bridgehead atoms. The first kappa shape index (κ1) is 13.3. The molecular weight excluding hydrogens is 204 g/mol. The predicted molar refractivity (Wildman–Crippen MR) is 65.7 cm³/mol. The largest absolute Gasteiger partial charge is 0.409 e. The van der Waals surface area contributed by atoms with Gasteiger partial charge in [-0.1, -0.05) is 12.1 Å². The van der Waals surface area contributed by atoms with Crippen molar-refractivity contribution in [3.05, 3.63) is 0 Å². The van der Waals surface area contributed by atoms with Gasteiger partial charge in [0.25, 0.3) is 0 Å². The van der Waals surface area contributed by atoms with Crippen LogP contribution in [0.5, 0.6) is 0 Å². The molecule has 1 rings (SSSR count). The van der Waals surface area contributed by atoms with Gasteiger partial charge in [0.2, 0.25) is 0 Å². The second-order valence-corrected chi connectivity index (χ2v) is 4.66. The highest BCUT2D eigenvalue weighted by Crippen LogP contribution is 2.09. The third kappa shape index (κ3) is 5.32. The summed E-state index contributed by atoms with van der Waals surface area (Å²) in [6, 6.07) is 0. The van der Waals surface area contributed by atoms with Gasteiger partial charge in [-0.25, -0.2) is 0 Å². The molecule has 1 atom stereocenters. The Morgan fingerprint density at radius 1 is 1.50 bits per heavy atom. The molecule has 1 heterocycles. The zero-order valence-electron chi connectivity index (χ0n) is 10.2. The SMILES string of the molecule is CC(CNCCC(N)=NO)CN1CCCC1. The number of nitrogens with zero attached hydrogens (tertiary/aromatic N) is 2. The molecular formula is C11H24N4O. The van der Waals surface area contributed by atoms with Crippen LogP contribution in [0.4, 0.5) is 0 Å². The number of nitrogens with one attached hydrogen (secondary N) is 1. The number of amidine groups is 1. The van der Waals surface area contributed by atoms with E-state index in [4.69, 9.17) is 10.9 Å². The molecule has 0 aromatic carbocycles. The van der Waals surface area contributed by atoms with Gasteiger partial charge in [0, 0.05) is 19.5 Å². The van der Waals surface area contributed by atoms with Gasteiger partial charge in [-0.3, -0.25) is 0 Å². The second-order valence-electron chi connectivity index (χ2n) is 4.66. The van der Waals surface area contributed by atoms with Crippen LogP contribution in [0, 0.1) is 5.92 Å². The molecule has 94 valence electrons. The van der Waals surface area contributed by atoms with Crippen LogP contribution in [-0.2, 0) is 0 Å². The van der Waals surface area contributed by atoms with Crippen molar-refractivity contribution in [1.29, 1.82) is 0 Å². The van der Waals surface area contributed by atoms with E-state index < -0.39 is 0 Å². The Balaban J connectivity index is 1.99. The molecule has 4 N–H and O–H groups in total. The van der Waals surface area contributed by atoms with Crippen molar-refractivity contribution in [3.63, 3.8) is 0 Å². The zero-order valence-corrected chi connectivity index (χ0v) is 10.2. The molecule has 1 aliphatic heterocycles. The van der Waals surface area contributed by atoms with Gasteiger partial charge in [0.1, 0.15) is 5.84 Å². The Morgan fingerprint density at radius 3 is 2.81 bits per heavy atom. The number of rotatable bonds is 7. The van der Waals surface area contributed by atoms with Crippen LogP contribution in [0.3, 0.4) is 0 Å². The van der Waals surface area contributed by atoms with Crippen molar-refractivity contribution in [3.8, 4) is 0 Å². The summed E-state index contributed by atoms with van der Waals surface area (Å²) in [5.41, 5.74) is 5.37. The van der Waals surface area contributed by atoms with Crippen molar-refractivity contribution in [2.45, 2.75) is 26.2 Å². The van der Waals surface area contributed by atoms with Gasteiger partial charge >= 0.3 is 0 Å². The monoisotopic (exact) mass is 228 g/mol. The second kappa shape index (κ2) is 7.46. The Kier molecular flexibility index (Phi) is 6.18. The van der Waals surface area contributed by atoms with Crippen LogP contribution >= 0.6 is 0 Å². The minimum absolute atomic E-state index is 0.291. The number of oxime groups is 1. The minimum Gasteiger partial charge on any atom is -0.409 e. The number of hydrogen-bond acceptors (Lipinski definition) is 4. The smallest absolute Gasteiger partial charge is 0.140 e. The number of nitrogens with two attached hydrogens (primary N) is 1. The van der Waals surface area contributed by atoms with E-state index in [1.165, 1.54) is 32.5 Å². The van der Waals surface area contributed by atoms with Gasteiger partial charge in [-0.05, 0) is 38.4 Å². The lowest BCUT2D eigenvalue weighted by molar-refractivity contribution is 0.283. The van der Waals surface area contributed by atoms with E-state index >= 15 is 0 Å². The molecule has 5 nitrogen and oxygen atoms in total. The zero-order chi connectivity index (χ0) is 11.8. The molecule has 1 unspecified atom stereocenters. The quantitative estimate of drug-likeness (QED) is 0.194. The van der Waals surface area contributed by atoms with E-state index in [2.05, 4.69) is 22.3 Å². The lowest BCUT2D eigenvalue weighted by atomic mass is 10.1. The molecule has 5 heteroatoms. The summed E-state index contributed by atoms with van der Waals surface area (Å²) in [5, 5.41) is 14.6. The summed E-state index contributed by atoms with van der Waals surface area (Å²) in [5.74, 6) is 0.949. The minimum atomic E-state index is 0.291. The lowest BCUT2D eigenvalue weighted by Crippen LogP contribution is -2.33. The molecule has 0 amide bonds. The average molecular weight is 228 g/mol. The maximum absolute atomic E-state index is 8.36. The Labute approximate surface area is 97.7 Å². The van der Waals surface area contributed by atoms with Crippen LogP contribution in [0.1, 0.15) is 26.2 Å². The third-order valence-electron chi connectivity index (χ3n) is 2.95. The topological polar surface area (TPSA) is 73.9 Å². The molecule has 0 radical (unpaired) electrons. The van der Waals surface area contributed by atoms with E-state index in [1.807, 2.05) is 0 Å². The van der Waals surface area contributed by atoms with E-state index in [1.54, 1.807) is 0 Å². The molecule has 0 aromatic rings. The maximum Gasteiger partial charge on any atom is 0.140 e. The average Bonchev–Trinajstić information content (AvgIpc) is 2.76.